The van der Waals surface area contributed by atoms with Crippen molar-refractivity contribution in [2.75, 3.05) is 0 Å². The summed E-state index contributed by atoms with van der Waals surface area (Å²) in [7, 11) is 1.57. The predicted molar refractivity (Wildman–Crippen MR) is 92.8 cm³/mol. The van der Waals surface area contributed by atoms with E-state index in [1.165, 1.54) is 10.6 Å². The van der Waals surface area contributed by atoms with E-state index in [1.807, 2.05) is 19.1 Å². The number of halogens is 1. The fourth-order valence-electron chi connectivity index (χ4n) is 2.55. The standard InChI is InChI=1S/C18H19FN4O3/c1-11-4-6-13(7-5-11)14(19)9-15-20-16(26-21-15)10-23-17(24)8-12(2)22(3)18(23)25/h4-8,14H,9-10H2,1-3H3/t14-/m1/s1. The van der Waals surface area contributed by atoms with Gasteiger partial charge in [-0.25, -0.2) is 9.18 Å². The molecule has 1 aromatic carbocycles. The first-order valence-electron chi connectivity index (χ1n) is 8.14. The highest BCUT2D eigenvalue weighted by Crippen LogP contribution is 2.21. The van der Waals surface area contributed by atoms with Crippen molar-refractivity contribution in [3.8, 4) is 0 Å². The summed E-state index contributed by atoms with van der Waals surface area (Å²) < 4.78 is 21.8. The van der Waals surface area contributed by atoms with Gasteiger partial charge in [-0.15, -0.1) is 0 Å². The number of aryl methyl sites for hydroxylation is 2. The maximum absolute atomic E-state index is 14.4. The zero-order valence-corrected chi connectivity index (χ0v) is 14.8. The zero-order valence-electron chi connectivity index (χ0n) is 14.8. The Kier molecular flexibility index (Phi) is 4.83. The highest BCUT2D eigenvalue weighted by Gasteiger charge is 2.17. The van der Waals surface area contributed by atoms with Gasteiger partial charge in [0.1, 0.15) is 12.7 Å². The number of nitrogens with zero attached hydrogens (tertiary/aromatic N) is 4. The van der Waals surface area contributed by atoms with Crippen LogP contribution in [0, 0.1) is 13.8 Å². The number of aromatic nitrogens is 4. The van der Waals surface area contributed by atoms with Crippen LogP contribution in [0.1, 0.15) is 34.7 Å². The van der Waals surface area contributed by atoms with Crippen molar-refractivity contribution in [1.29, 1.82) is 0 Å². The van der Waals surface area contributed by atoms with Gasteiger partial charge in [0.15, 0.2) is 5.82 Å². The lowest BCUT2D eigenvalue weighted by molar-refractivity contribution is 0.324. The molecule has 136 valence electrons. The quantitative estimate of drug-likeness (QED) is 0.695. The minimum absolute atomic E-state index is 0.0482. The summed E-state index contributed by atoms with van der Waals surface area (Å²) in [5.41, 5.74) is 1.21. The van der Waals surface area contributed by atoms with E-state index in [4.69, 9.17) is 4.52 Å². The molecule has 26 heavy (non-hydrogen) atoms. The summed E-state index contributed by atoms with van der Waals surface area (Å²) in [4.78, 5) is 28.3. The molecule has 2 aromatic heterocycles. The molecular weight excluding hydrogens is 339 g/mol. The Morgan fingerprint density at radius 1 is 1.19 bits per heavy atom. The Morgan fingerprint density at radius 2 is 1.88 bits per heavy atom. The van der Waals surface area contributed by atoms with Crippen LogP contribution in [0.4, 0.5) is 4.39 Å². The molecule has 0 amide bonds. The molecule has 0 aliphatic heterocycles. The molecule has 0 radical (unpaired) electrons. The summed E-state index contributed by atoms with van der Waals surface area (Å²) in [5, 5.41) is 3.74. The molecule has 0 aliphatic carbocycles. The van der Waals surface area contributed by atoms with Crippen LogP contribution in [0.2, 0.25) is 0 Å². The van der Waals surface area contributed by atoms with Crippen molar-refractivity contribution >= 4 is 0 Å². The van der Waals surface area contributed by atoms with Crippen molar-refractivity contribution < 1.29 is 8.91 Å². The van der Waals surface area contributed by atoms with Gasteiger partial charge in [-0.2, -0.15) is 4.98 Å². The molecule has 7 nitrogen and oxygen atoms in total. The first kappa shape index (κ1) is 17.8. The SMILES string of the molecule is Cc1ccc([C@H](F)Cc2noc(Cn3c(=O)cc(C)n(C)c3=O)n2)cc1. The molecule has 3 rings (SSSR count). The smallest absolute Gasteiger partial charge is 0.331 e. The van der Waals surface area contributed by atoms with Gasteiger partial charge in [-0.3, -0.25) is 9.36 Å². The van der Waals surface area contributed by atoms with Gasteiger partial charge in [0.25, 0.3) is 5.56 Å². The summed E-state index contributed by atoms with van der Waals surface area (Å²) in [5.74, 6) is 0.268. The molecule has 0 saturated heterocycles. The Hall–Kier alpha value is -3.03. The van der Waals surface area contributed by atoms with E-state index in [1.54, 1.807) is 26.1 Å². The Morgan fingerprint density at radius 3 is 2.58 bits per heavy atom. The third-order valence-electron chi connectivity index (χ3n) is 4.25. The number of hydrogen-bond acceptors (Lipinski definition) is 5. The monoisotopic (exact) mass is 358 g/mol. The van der Waals surface area contributed by atoms with Crippen molar-refractivity contribution in [3.63, 3.8) is 0 Å². The number of rotatable bonds is 5. The molecule has 0 spiro atoms. The normalized spacial score (nSPS) is 12.3. The number of alkyl halides is 1. The van der Waals surface area contributed by atoms with Crippen LogP contribution < -0.4 is 11.2 Å². The zero-order chi connectivity index (χ0) is 18.8. The first-order valence-corrected chi connectivity index (χ1v) is 8.14. The average Bonchev–Trinajstić information content (AvgIpc) is 3.04. The Labute approximate surface area is 148 Å². The largest absolute Gasteiger partial charge is 0.337 e. The van der Waals surface area contributed by atoms with Crippen LogP contribution in [-0.2, 0) is 20.0 Å². The minimum atomic E-state index is -1.27. The third-order valence-corrected chi connectivity index (χ3v) is 4.25. The van der Waals surface area contributed by atoms with E-state index >= 15 is 0 Å². The van der Waals surface area contributed by atoms with Crippen molar-refractivity contribution in [2.24, 2.45) is 7.05 Å². The fraction of sp³-hybridized carbons (Fsp3) is 0.333. The maximum Gasteiger partial charge on any atom is 0.331 e. The van der Waals surface area contributed by atoms with Crippen LogP contribution in [0.25, 0.3) is 0 Å². The summed E-state index contributed by atoms with van der Waals surface area (Å²) in [6.07, 6.45) is -1.32. The van der Waals surface area contributed by atoms with E-state index in [0.717, 1.165) is 10.1 Å². The van der Waals surface area contributed by atoms with E-state index < -0.39 is 17.4 Å². The summed E-state index contributed by atoms with van der Waals surface area (Å²) >= 11 is 0. The lowest BCUT2D eigenvalue weighted by atomic mass is 10.1. The maximum atomic E-state index is 14.4. The van der Waals surface area contributed by atoms with Crippen LogP contribution >= 0.6 is 0 Å². The molecule has 0 fully saturated rings. The van der Waals surface area contributed by atoms with Crippen molar-refractivity contribution in [1.82, 2.24) is 19.3 Å². The fourth-order valence-corrected chi connectivity index (χ4v) is 2.55. The minimum Gasteiger partial charge on any atom is -0.337 e. The molecule has 0 N–H and O–H groups in total. The van der Waals surface area contributed by atoms with Gasteiger partial charge in [0, 0.05) is 25.2 Å². The van der Waals surface area contributed by atoms with E-state index in [-0.39, 0.29) is 24.7 Å². The van der Waals surface area contributed by atoms with E-state index in [9.17, 15) is 14.0 Å². The first-order chi connectivity index (χ1) is 12.3. The molecule has 3 aromatic rings. The van der Waals surface area contributed by atoms with Gasteiger partial charge in [-0.1, -0.05) is 35.0 Å². The topological polar surface area (TPSA) is 82.9 Å². The molecule has 1 atom stereocenters. The molecule has 0 aliphatic rings. The number of hydrogen-bond donors (Lipinski definition) is 0. The Balaban J connectivity index is 1.77. The second-order valence-corrected chi connectivity index (χ2v) is 6.24. The lowest BCUT2D eigenvalue weighted by Gasteiger charge is -2.07. The van der Waals surface area contributed by atoms with Gasteiger partial charge in [0.05, 0.1) is 0 Å². The van der Waals surface area contributed by atoms with Gasteiger partial charge in [-0.05, 0) is 19.4 Å². The van der Waals surface area contributed by atoms with E-state index in [0.29, 0.717) is 11.3 Å². The molecular formula is C18H19FN4O3. The van der Waals surface area contributed by atoms with Gasteiger partial charge >= 0.3 is 5.69 Å². The van der Waals surface area contributed by atoms with E-state index in [2.05, 4.69) is 10.1 Å². The average molecular weight is 358 g/mol. The second-order valence-electron chi connectivity index (χ2n) is 6.24. The summed E-state index contributed by atoms with van der Waals surface area (Å²) in [6, 6.07) is 8.47. The van der Waals surface area contributed by atoms with Crippen molar-refractivity contribution in [3.05, 3.63) is 79.7 Å². The molecule has 8 heteroatoms. The van der Waals surface area contributed by atoms with Gasteiger partial charge < -0.3 is 9.09 Å². The second kappa shape index (κ2) is 7.07. The molecule has 0 saturated carbocycles. The van der Waals surface area contributed by atoms with Crippen LogP contribution in [0.5, 0.6) is 0 Å². The lowest BCUT2D eigenvalue weighted by Crippen LogP contribution is -2.39. The van der Waals surface area contributed by atoms with Crippen LogP contribution in [0.3, 0.4) is 0 Å². The molecule has 2 heterocycles. The molecule has 0 unspecified atom stereocenters. The van der Waals surface area contributed by atoms with Gasteiger partial charge in [0.2, 0.25) is 5.89 Å². The van der Waals surface area contributed by atoms with Crippen LogP contribution in [0.15, 0.2) is 44.4 Å². The third kappa shape index (κ3) is 3.63. The molecule has 0 bridgehead atoms. The predicted octanol–water partition coefficient (Wildman–Crippen LogP) is 1.85. The number of benzene rings is 1. The highest BCUT2D eigenvalue weighted by atomic mass is 19.1. The Bertz CT molecular complexity index is 1030. The highest BCUT2D eigenvalue weighted by molar-refractivity contribution is 5.23. The summed E-state index contributed by atoms with van der Waals surface area (Å²) in [6.45, 7) is 3.45. The van der Waals surface area contributed by atoms with Crippen molar-refractivity contribution in [2.45, 2.75) is 33.0 Å². The van der Waals surface area contributed by atoms with Crippen LogP contribution in [-0.4, -0.2) is 19.3 Å².